The Morgan fingerprint density at radius 3 is 2.14 bits per heavy atom. The number of carbonyl (C=O) groups is 1. The molecule has 2 aromatic rings. The first kappa shape index (κ1) is 20.1. The predicted octanol–water partition coefficient (Wildman–Crippen LogP) is 3.70. The number of hydrogen-bond donors (Lipinski definition) is 1. The van der Waals surface area contributed by atoms with Crippen LogP contribution in [-0.2, 0) is 0 Å². The molecule has 2 amide bonds. The highest BCUT2D eigenvalue weighted by Crippen LogP contribution is 2.25. The third kappa shape index (κ3) is 4.61. The Bertz CT molecular complexity index is 846. The average Bonchev–Trinajstić information content (AvgIpc) is 2.63. The van der Waals surface area contributed by atoms with Gasteiger partial charge in [-0.1, -0.05) is 29.8 Å². The normalized spacial score (nSPS) is 14.9. The number of rotatable bonds is 2. The van der Waals surface area contributed by atoms with Crippen LogP contribution in [0.2, 0.25) is 0 Å². The highest BCUT2D eigenvalue weighted by Gasteiger charge is 2.26. The van der Waals surface area contributed by atoms with Crippen molar-refractivity contribution in [3.8, 4) is 11.4 Å². The second kappa shape index (κ2) is 7.78. The summed E-state index contributed by atoms with van der Waals surface area (Å²) in [5.41, 5.74) is 4.12. The molecular formula is C22H31N5O. The van der Waals surface area contributed by atoms with E-state index in [0.717, 1.165) is 41.6 Å². The molecule has 1 aliphatic rings. The molecule has 0 aliphatic carbocycles. The first-order chi connectivity index (χ1) is 13.1. The standard InChI is InChI=1S/C22H31N5O/c1-15-7-9-18(10-8-15)19-23-17(3)16(2)20(24-19)26-11-13-27(14-12-26)21(28)25-22(4,5)6/h7-10H,11-14H2,1-6H3,(H,25,28). The van der Waals surface area contributed by atoms with E-state index < -0.39 is 0 Å². The molecule has 0 spiro atoms. The van der Waals surface area contributed by atoms with Crippen molar-refractivity contribution in [2.24, 2.45) is 0 Å². The summed E-state index contributed by atoms with van der Waals surface area (Å²) in [7, 11) is 0. The monoisotopic (exact) mass is 381 g/mol. The van der Waals surface area contributed by atoms with Gasteiger partial charge in [-0.15, -0.1) is 0 Å². The van der Waals surface area contributed by atoms with E-state index in [4.69, 9.17) is 9.97 Å². The molecule has 2 heterocycles. The summed E-state index contributed by atoms with van der Waals surface area (Å²) in [6.45, 7) is 15.1. The molecule has 3 rings (SSSR count). The van der Waals surface area contributed by atoms with Crippen LogP contribution in [0.4, 0.5) is 10.6 Å². The van der Waals surface area contributed by atoms with Gasteiger partial charge in [0.2, 0.25) is 0 Å². The number of carbonyl (C=O) groups excluding carboxylic acids is 1. The van der Waals surface area contributed by atoms with Crippen LogP contribution in [0.5, 0.6) is 0 Å². The molecule has 150 valence electrons. The van der Waals surface area contributed by atoms with E-state index >= 15 is 0 Å². The van der Waals surface area contributed by atoms with Crippen molar-refractivity contribution in [1.82, 2.24) is 20.2 Å². The third-order valence-electron chi connectivity index (χ3n) is 5.02. The van der Waals surface area contributed by atoms with E-state index in [1.807, 2.05) is 32.6 Å². The molecule has 0 unspecified atom stereocenters. The lowest BCUT2D eigenvalue weighted by Crippen LogP contribution is -2.55. The summed E-state index contributed by atoms with van der Waals surface area (Å²) in [6, 6.07) is 8.30. The highest BCUT2D eigenvalue weighted by atomic mass is 16.2. The van der Waals surface area contributed by atoms with E-state index in [2.05, 4.69) is 48.3 Å². The van der Waals surface area contributed by atoms with Crippen LogP contribution in [0, 0.1) is 20.8 Å². The van der Waals surface area contributed by atoms with E-state index in [0.29, 0.717) is 13.1 Å². The molecule has 0 radical (unpaired) electrons. The maximum absolute atomic E-state index is 12.4. The molecular weight excluding hydrogens is 350 g/mol. The summed E-state index contributed by atoms with van der Waals surface area (Å²) in [5.74, 6) is 1.73. The van der Waals surface area contributed by atoms with Crippen molar-refractivity contribution in [2.45, 2.75) is 47.1 Å². The number of anilines is 1. The van der Waals surface area contributed by atoms with Crippen LogP contribution in [-0.4, -0.2) is 52.6 Å². The smallest absolute Gasteiger partial charge is 0.317 e. The fourth-order valence-corrected chi connectivity index (χ4v) is 3.27. The molecule has 0 saturated carbocycles. The summed E-state index contributed by atoms with van der Waals surface area (Å²) in [4.78, 5) is 26.1. The summed E-state index contributed by atoms with van der Waals surface area (Å²) in [5, 5.41) is 3.04. The SMILES string of the molecule is Cc1ccc(-c2nc(C)c(C)c(N3CCN(C(=O)NC(C)(C)C)CC3)n2)cc1. The second-order valence-corrected chi connectivity index (χ2v) is 8.60. The molecule has 1 aromatic carbocycles. The van der Waals surface area contributed by atoms with Crippen molar-refractivity contribution < 1.29 is 4.79 Å². The average molecular weight is 382 g/mol. The number of piperazine rings is 1. The number of nitrogens with one attached hydrogen (secondary N) is 1. The van der Waals surface area contributed by atoms with E-state index in [1.54, 1.807) is 0 Å². The zero-order valence-corrected chi connectivity index (χ0v) is 17.8. The topological polar surface area (TPSA) is 61.4 Å². The van der Waals surface area contributed by atoms with Gasteiger partial charge in [0.05, 0.1) is 0 Å². The Balaban J connectivity index is 1.77. The minimum atomic E-state index is -0.225. The zero-order valence-electron chi connectivity index (χ0n) is 17.8. The lowest BCUT2D eigenvalue weighted by Gasteiger charge is -2.37. The summed E-state index contributed by atoms with van der Waals surface area (Å²) >= 11 is 0. The Kier molecular flexibility index (Phi) is 5.59. The molecule has 6 nitrogen and oxygen atoms in total. The van der Waals surface area contributed by atoms with Crippen molar-refractivity contribution in [3.05, 3.63) is 41.1 Å². The molecule has 1 aromatic heterocycles. The van der Waals surface area contributed by atoms with Gasteiger partial charge < -0.3 is 15.1 Å². The molecule has 1 saturated heterocycles. The van der Waals surface area contributed by atoms with Crippen molar-refractivity contribution in [1.29, 1.82) is 0 Å². The number of hydrogen-bond acceptors (Lipinski definition) is 4. The Morgan fingerprint density at radius 1 is 0.964 bits per heavy atom. The fraction of sp³-hybridized carbons (Fsp3) is 0.500. The van der Waals surface area contributed by atoms with Crippen LogP contribution in [0.1, 0.15) is 37.6 Å². The van der Waals surface area contributed by atoms with Crippen molar-refractivity contribution >= 4 is 11.8 Å². The lowest BCUT2D eigenvalue weighted by molar-refractivity contribution is 0.185. The van der Waals surface area contributed by atoms with Crippen molar-refractivity contribution in [2.75, 3.05) is 31.1 Å². The van der Waals surface area contributed by atoms with Crippen LogP contribution in [0.25, 0.3) is 11.4 Å². The van der Waals surface area contributed by atoms with Crippen LogP contribution in [0.3, 0.4) is 0 Å². The Morgan fingerprint density at radius 2 is 1.57 bits per heavy atom. The van der Waals surface area contributed by atoms with Crippen molar-refractivity contribution in [3.63, 3.8) is 0 Å². The third-order valence-corrected chi connectivity index (χ3v) is 5.02. The van der Waals surface area contributed by atoms with Gasteiger partial charge in [-0.25, -0.2) is 14.8 Å². The van der Waals surface area contributed by atoms with E-state index in [1.165, 1.54) is 5.56 Å². The van der Waals surface area contributed by atoms with Gasteiger partial charge in [-0.05, 0) is 41.5 Å². The first-order valence-electron chi connectivity index (χ1n) is 9.88. The molecule has 1 fully saturated rings. The predicted molar refractivity (Wildman–Crippen MR) is 114 cm³/mol. The van der Waals surface area contributed by atoms with E-state index in [9.17, 15) is 4.79 Å². The largest absolute Gasteiger partial charge is 0.353 e. The van der Waals surface area contributed by atoms with Gasteiger partial charge in [0.1, 0.15) is 5.82 Å². The number of aryl methyl sites for hydroxylation is 2. The molecule has 1 N–H and O–H groups in total. The minimum Gasteiger partial charge on any atom is -0.353 e. The number of urea groups is 1. The lowest BCUT2D eigenvalue weighted by atomic mass is 10.1. The van der Waals surface area contributed by atoms with Gasteiger partial charge >= 0.3 is 6.03 Å². The van der Waals surface area contributed by atoms with Crippen LogP contribution >= 0.6 is 0 Å². The quantitative estimate of drug-likeness (QED) is 0.862. The number of amides is 2. The first-order valence-corrected chi connectivity index (χ1v) is 9.88. The second-order valence-electron chi connectivity index (χ2n) is 8.60. The summed E-state index contributed by atoms with van der Waals surface area (Å²) < 4.78 is 0. The maximum atomic E-state index is 12.4. The van der Waals surface area contributed by atoms with Gasteiger partial charge in [-0.3, -0.25) is 0 Å². The molecule has 28 heavy (non-hydrogen) atoms. The molecule has 6 heteroatoms. The van der Waals surface area contributed by atoms with Gasteiger partial charge in [0, 0.05) is 48.5 Å². The maximum Gasteiger partial charge on any atom is 0.317 e. The number of aromatic nitrogens is 2. The minimum absolute atomic E-state index is 0.00286. The summed E-state index contributed by atoms with van der Waals surface area (Å²) in [6.07, 6.45) is 0. The van der Waals surface area contributed by atoms with E-state index in [-0.39, 0.29) is 11.6 Å². The van der Waals surface area contributed by atoms with Gasteiger partial charge in [-0.2, -0.15) is 0 Å². The fourth-order valence-electron chi connectivity index (χ4n) is 3.27. The number of benzene rings is 1. The highest BCUT2D eigenvalue weighted by molar-refractivity contribution is 5.75. The number of nitrogens with zero attached hydrogens (tertiary/aromatic N) is 4. The van der Waals surface area contributed by atoms with Crippen LogP contribution < -0.4 is 10.2 Å². The van der Waals surface area contributed by atoms with Gasteiger partial charge in [0.15, 0.2) is 5.82 Å². The molecule has 0 atom stereocenters. The van der Waals surface area contributed by atoms with Gasteiger partial charge in [0.25, 0.3) is 0 Å². The molecule has 0 bridgehead atoms. The Labute approximate surface area is 168 Å². The zero-order chi connectivity index (χ0) is 20.5. The Hall–Kier alpha value is -2.63. The van der Waals surface area contributed by atoms with Crippen LogP contribution in [0.15, 0.2) is 24.3 Å². The molecule has 1 aliphatic heterocycles.